The van der Waals surface area contributed by atoms with Gasteiger partial charge in [0.05, 0.1) is 0 Å². The summed E-state index contributed by atoms with van der Waals surface area (Å²) in [5, 5.41) is 9.83. The van der Waals surface area contributed by atoms with Crippen molar-refractivity contribution in [3.8, 4) is 22.3 Å². The minimum Gasteiger partial charge on any atom is -0.455 e. The summed E-state index contributed by atoms with van der Waals surface area (Å²) < 4.78 is 6.80. The second kappa shape index (κ2) is 11.0. The molecule has 0 aliphatic rings. The van der Waals surface area contributed by atoms with E-state index in [-0.39, 0.29) is 0 Å². The summed E-state index contributed by atoms with van der Waals surface area (Å²) in [6.45, 7) is 4.32. The first-order valence-corrected chi connectivity index (χ1v) is 16.1. The third kappa shape index (κ3) is 4.43. The fourth-order valence-corrected chi connectivity index (χ4v) is 7.28. The maximum absolute atomic E-state index is 6.80. The van der Waals surface area contributed by atoms with Crippen molar-refractivity contribution in [2.24, 2.45) is 0 Å². The lowest BCUT2D eigenvalue weighted by Gasteiger charge is -2.20. The molecule has 8 rings (SSSR count). The lowest BCUT2D eigenvalue weighted by molar-refractivity contribution is 0.670. The van der Waals surface area contributed by atoms with Gasteiger partial charge >= 0.3 is 0 Å². The second-order valence-corrected chi connectivity index (χ2v) is 12.6. The maximum atomic E-state index is 6.80. The molecule has 0 aliphatic carbocycles. The van der Waals surface area contributed by atoms with E-state index >= 15 is 0 Å². The first-order chi connectivity index (χ1) is 22.4. The number of para-hydroxylation sites is 1. The SMILES string of the molecule is Bc1ccc2c(-c3cccc4c3oc3ccc(/C(C)=c5\cccc\c5=C\C)cc34)c3cc(B)c(B)cc3c(-c3ccccc3)c2c1. The largest absolute Gasteiger partial charge is 0.455 e. The van der Waals surface area contributed by atoms with Crippen molar-refractivity contribution in [3.63, 3.8) is 0 Å². The fourth-order valence-electron chi connectivity index (χ4n) is 7.28. The van der Waals surface area contributed by atoms with Crippen LogP contribution in [0.5, 0.6) is 0 Å². The quantitative estimate of drug-likeness (QED) is 0.210. The van der Waals surface area contributed by atoms with E-state index in [1.165, 1.54) is 76.2 Å². The molecule has 0 fully saturated rings. The lowest BCUT2D eigenvalue weighted by atomic mass is 9.75. The van der Waals surface area contributed by atoms with E-state index in [1.54, 1.807) is 0 Å². The van der Waals surface area contributed by atoms with Gasteiger partial charge in [-0.2, -0.15) is 0 Å². The van der Waals surface area contributed by atoms with Gasteiger partial charge in [-0.15, -0.1) is 0 Å². The Morgan fingerprint density at radius 2 is 1.30 bits per heavy atom. The molecule has 0 bridgehead atoms. The smallest absolute Gasteiger partial charge is 0.143 e. The highest BCUT2D eigenvalue weighted by atomic mass is 16.3. The summed E-state index contributed by atoms with van der Waals surface area (Å²) in [5.74, 6) is 0. The molecule has 0 spiro atoms. The summed E-state index contributed by atoms with van der Waals surface area (Å²) in [6.07, 6.45) is 2.18. The number of rotatable bonds is 3. The second-order valence-electron chi connectivity index (χ2n) is 12.6. The maximum Gasteiger partial charge on any atom is 0.143 e. The molecule has 0 saturated heterocycles. The van der Waals surface area contributed by atoms with Crippen molar-refractivity contribution in [2.45, 2.75) is 13.8 Å². The zero-order valence-electron chi connectivity index (χ0n) is 27.0. The minimum atomic E-state index is 0.909. The van der Waals surface area contributed by atoms with Crippen LogP contribution in [0.1, 0.15) is 19.4 Å². The van der Waals surface area contributed by atoms with Gasteiger partial charge in [-0.3, -0.25) is 0 Å². The Morgan fingerprint density at radius 1 is 0.587 bits per heavy atom. The van der Waals surface area contributed by atoms with Crippen LogP contribution in [-0.2, 0) is 0 Å². The van der Waals surface area contributed by atoms with Gasteiger partial charge in [0, 0.05) is 21.9 Å². The van der Waals surface area contributed by atoms with Crippen molar-refractivity contribution < 1.29 is 4.42 Å². The number of hydrogen-bond acceptors (Lipinski definition) is 1. The van der Waals surface area contributed by atoms with E-state index in [9.17, 15) is 0 Å². The van der Waals surface area contributed by atoms with Gasteiger partial charge in [-0.1, -0.05) is 132 Å². The lowest BCUT2D eigenvalue weighted by Crippen LogP contribution is -2.25. The van der Waals surface area contributed by atoms with Crippen LogP contribution in [0.4, 0.5) is 0 Å². The minimum absolute atomic E-state index is 0.909. The van der Waals surface area contributed by atoms with Gasteiger partial charge in [0.1, 0.15) is 34.7 Å². The molecule has 0 amide bonds. The Labute approximate surface area is 272 Å². The van der Waals surface area contributed by atoms with Crippen LogP contribution in [0, 0.1) is 0 Å². The molecule has 1 aromatic heterocycles. The zero-order chi connectivity index (χ0) is 31.5. The van der Waals surface area contributed by atoms with Crippen LogP contribution < -0.4 is 26.8 Å². The third-order valence-electron chi connectivity index (χ3n) is 9.82. The topological polar surface area (TPSA) is 13.1 Å². The standard InChI is InChI=1S/C42H33B3O/c1-3-25-10-7-8-13-29(25)24(2)27-16-19-39-33(20-27)31-14-9-15-32(42(31)46-39)41-30-18-17-28(43)21-34(30)40(26-11-5-4-6-12-26)35-22-37(44)38(45)23-36(35)41/h3-23H,43-45H2,1-2H3/b25-3-,29-24+. The molecule has 8 aromatic rings. The summed E-state index contributed by atoms with van der Waals surface area (Å²) >= 11 is 0. The summed E-state index contributed by atoms with van der Waals surface area (Å²) in [4.78, 5) is 0. The van der Waals surface area contributed by atoms with Crippen LogP contribution in [-0.4, -0.2) is 23.5 Å². The molecule has 216 valence electrons. The predicted molar refractivity (Wildman–Crippen MR) is 208 cm³/mol. The molecule has 46 heavy (non-hydrogen) atoms. The van der Waals surface area contributed by atoms with Crippen LogP contribution in [0.15, 0.2) is 126 Å². The molecular weight excluding hydrogens is 553 g/mol. The first-order valence-electron chi connectivity index (χ1n) is 16.1. The molecule has 0 saturated carbocycles. The zero-order valence-corrected chi connectivity index (χ0v) is 27.0. The average molecular weight is 586 g/mol. The summed E-state index contributed by atoms with van der Waals surface area (Å²) in [6, 6.07) is 44.4. The van der Waals surface area contributed by atoms with Gasteiger partial charge in [0.25, 0.3) is 0 Å². The highest BCUT2D eigenvalue weighted by Crippen LogP contribution is 2.46. The van der Waals surface area contributed by atoms with E-state index in [0.29, 0.717) is 0 Å². The van der Waals surface area contributed by atoms with E-state index in [4.69, 9.17) is 4.42 Å². The molecule has 0 N–H and O–H groups in total. The van der Waals surface area contributed by atoms with Gasteiger partial charge in [0.2, 0.25) is 0 Å². The monoisotopic (exact) mass is 586 g/mol. The highest BCUT2D eigenvalue weighted by molar-refractivity contribution is 6.50. The molecule has 0 radical (unpaired) electrons. The number of hydrogen-bond donors (Lipinski definition) is 0. The molecular formula is C42H33B3O. The van der Waals surface area contributed by atoms with Crippen LogP contribution in [0.25, 0.3) is 77.4 Å². The van der Waals surface area contributed by atoms with E-state index in [2.05, 4.69) is 165 Å². The van der Waals surface area contributed by atoms with Crippen molar-refractivity contribution in [1.82, 2.24) is 0 Å². The van der Waals surface area contributed by atoms with Gasteiger partial charge in [-0.05, 0) is 80.2 Å². The van der Waals surface area contributed by atoms with E-state index < -0.39 is 0 Å². The number of fused-ring (bicyclic) bond motifs is 5. The number of benzene rings is 7. The van der Waals surface area contributed by atoms with Gasteiger partial charge in [-0.25, -0.2) is 0 Å². The van der Waals surface area contributed by atoms with Gasteiger partial charge < -0.3 is 4.42 Å². The van der Waals surface area contributed by atoms with Crippen molar-refractivity contribution >= 4 is 95.1 Å². The van der Waals surface area contributed by atoms with Crippen molar-refractivity contribution in [3.05, 3.63) is 137 Å². The molecule has 0 unspecified atom stereocenters. The van der Waals surface area contributed by atoms with Crippen LogP contribution in [0.2, 0.25) is 0 Å². The van der Waals surface area contributed by atoms with E-state index in [0.717, 1.165) is 27.5 Å². The van der Waals surface area contributed by atoms with Crippen molar-refractivity contribution in [1.29, 1.82) is 0 Å². The Hall–Kier alpha value is -5.21. The molecule has 0 aliphatic heterocycles. The normalized spacial score (nSPS) is 12.9. The molecule has 7 aromatic carbocycles. The van der Waals surface area contributed by atoms with Crippen LogP contribution in [0.3, 0.4) is 0 Å². The van der Waals surface area contributed by atoms with Crippen molar-refractivity contribution in [2.75, 3.05) is 0 Å². The average Bonchev–Trinajstić information content (AvgIpc) is 3.46. The molecule has 0 atom stereocenters. The fraction of sp³-hybridized carbons (Fsp3) is 0.0476. The molecule has 1 nitrogen and oxygen atoms in total. The van der Waals surface area contributed by atoms with Crippen LogP contribution >= 0.6 is 0 Å². The molecule has 4 heteroatoms. The Kier molecular flexibility index (Phi) is 6.76. The summed E-state index contributed by atoms with van der Waals surface area (Å²) in [7, 11) is 6.62. The Morgan fingerprint density at radius 3 is 2.09 bits per heavy atom. The van der Waals surface area contributed by atoms with Gasteiger partial charge in [0.15, 0.2) is 0 Å². The third-order valence-corrected chi connectivity index (χ3v) is 9.82. The highest BCUT2D eigenvalue weighted by Gasteiger charge is 2.21. The van der Waals surface area contributed by atoms with E-state index in [1.807, 2.05) is 0 Å². The number of furan rings is 1. The predicted octanol–water partition coefficient (Wildman–Crippen LogP) is 5.02. The Bertz CT molecular complexity index is 2630. The molecule has 1 heterocycles. The first kappa shape index (κ1) is 28.3. The summed E-state index contributed by atoms with van der Waals surface area (Å²) in [5.41, 5.74) is 13.0. The Balaban J connectivity index is 1.47.